The van der Waals surface area contributed by atoms with Gasteiger partial charge in [-0.3, -0.25) is 4.79 Å². The zero-order valence-electron chi connectivity index (χ0n) is 7.63. The minimum Gasteiger partial charge on any atom is -0.348 e. The summed E-state index contributed by atoms with van der Waals surface area (Å²) in [6.07, 6.45) is 4.85. The monoisotopic (exact) mass is 179 g/mol. The largest absolute Gasteiger partial charge is 0.348 e. The zero-order chi connectivity index (χ0) is 9.26. The summed E-state index contributed by atoms with van der Waals surface area (Å²) in [6.45, 7) is 1.54. The van der Waals surface area contributed by atoms with Gasteiger partial charge >= 0.3 is 0 Å². The van der Waals surface area contributed by atoms with Crippen LogP contribution >= 0.6 is 0 Å². The lowest BCUT2D eigenvalue weighted by molar-refractivity contribution is -0.119. The van der Waals surface area contributed by atoms with E-state index in [4.69, 9.17) is 0 Å². The lowest BCUT2D eigenvalue weighted by Gasteiger charge is -2.21. The van der Waals surface area contributed by atoms with Crippen molar-refractivity contribution in [3.05, 3.63) is 17.7 Å². The molecule has 4 nitrogen and oxygen atoms in total. The Labute approximate surface area is 76.8 Å². The van der Waals surface area contributed by atoms with E-state index in [-0.39, 0.29) is 11.9 Å². The van der Waals surface area contributed by atoms with Crippen LogP contribution in [0.3, 0.4) is 0 Å². The number of carbonyl (C=O) groups excluding carboxylic acids is 1. The number of H-pyrrole nitrogens is 1. The first-order chi connectivity index (χ1) is 6.27. The summed E-state index contributed by atoms with van der Waals surface area (Å²) in [5, 5.41) is 2.90. The molecule has 1 atom stereocenters. The van der Waals surface area contributed by atoms with Crippen LogP contribution < -0.4 is 5.32 Å². The molecule has 0 fully saturated rings. The van der Waals surface area contributed by atoms with E-state index < -0.39 is 0 Å². The van der Waals surface area contributed by atoms with Gasteiger partial charge < -0.3 is 10.3 Å². The highest BCUT2D eigenvalue weighted by atomic mass is 16.1. The Balaban J connectivity index is 2.20. The van der Waals surface area contributed by atoms with Crippen LogP contribution in [-0.2, 0) is 11.2 Å². The number of hydrogen-bond acceptors (Lipinski definition) is 2. The van der Waals surface area contributed by atoms with E-state index >= 15 is 0 Å². The lowest BCUT2D eigenvalue weighted by Crippen LogP contribution is -2.29. The summed E-state index contributed by atoms with van der Waals surface area (Å²) in [5.74, 6) is 0.0147. The summed E-state index contributed by atoms with van der Waals surface area (Å²) in [5.41, 5.74) is 2.19. The number of rotatable bonds is 1. The van der Waals surface area contributed by atoms with Crippen molar-refractivity contribution < 1.29 is 4.79 Å². The number of amides is 1. The number of nitrogens with one attached hydrogen (secondary N) is 2. The van der Waals surface area contributed by atoms with Crippen molar-refractivity contribution >= 4 is 5.91 Å². The molecule has 0 saturated heterocycles. The van der Waals surface area contributed by atoms with Gasteiger partial charge in [-0.15, -0.1) is 0 Å². The molecule has 0 bridgehead atoms. The second-order valence-electron chi connectivity index (χ2n) is 3.41. The van der Waals surface area contributed by atoms with Crippen molar-refractivity contribution in [1.29, 1.82) is 0 Å². The number of fused-ring (bicyclic) bond motifs is 1. The van der Waals surface area contributed by atoms with Crippen LogP contribution in [0.25, 0.3) is 0 Å². The van der Waals surface area contributed by atoms with E-state index in [0.29, 0.717) is 0 Å². The van der Waals surface area contributed by atoms with Crippen molar-refractivity contribution in [2.45, 2.75) is 32.2 Å². The van der Waals surface area contributed by atoms with Crippen LogP contribution in [0, 0.1) is 0 Å². The van der Waals surface area contributed by atoms with Crippen molar-refractivity contribution in [3.8, 4) is 0 Å². The molecular weight excluding hydrogens is 166 g/mol. The molecule has 1 aliphatic carbocycles. The Hall–Kier alpha value is -1.32. The number of imidazole rings is 1. The van der Waals surface area contributed by atoms with E-state index in [1.165, 1.54) is 5.69 Å². The third kappa shape index (κ3) is 1.56. The van der Waals surface area contributed by atoms with Gasteiger partial charge in [-0.25, -0.2) is 4.98 Å². The van der Waals surface area contributed by atoms with Gasteiger partial charge in [0.15, 0.2) is 0 Å². The Morgan fingerprint density at radius 3 is 3.38 bits per heavy atom. The molecule has 2 N–H and O–H groups in total. The molecule has 1 aromatic rings. The Kier molecular flexibility index (Phi) is 2.04. The van der Waals surface area contributed by atoms with Crippen LogP contribution in [0.5, 0.6) is 0 Å². The molecule has 1 unspecified atom stereocenters. The molecule has 0 aliphatic heterocycles. The highest BCUT2D eigenvalue weighted by molar-refractivity contribution is 5.73. The molecule has 0 spiro atoms. The maximum atomic E-state index is 10.9. The summed E-state index contributed by atoms with van der Waals surface area (Å²) < 4.78 is 0. The van der Waals surface area contributed by atoms with Gasteiger partial charge in [0, 0.05) is 12.6 Å². The van der Waals surface area contributed by atoms with Crippen LogP contribution in [0.15, 0.2) is 6.33 Å². The first-order valence-electron chi connectivity index (χ1n) is 4.56. The van der Waals surface area contributed by atoms with Crippen molar-refractivity contribution in [1.82, 2.24) is 15.3 Å². The molecule has 1 aliphatic rings. The van der Waals surface area contributed by atoms with Crippen LogP contribution in [-0.4, -0.2) is 15.9 Å². The standard InChI is InChI=1S/C9H13N3O/c1-6(13)12-8-4-2-3-7-9(8)11-5-10-7/h5,8H,2-4H2,1H3,(H,10,11)(H,12,13). The lowest BCUT2D eigenvalue weighted by atomic mass is 9.96. The normalized spacial score (nSPS) is 20.8. The molecule has 0 saturated carbocycles. The molecule has 70 valence electrons. The van der Waals surface area contributed by atoms with E-state index in [1.54, 1.807) is 13.3 Å². The summed E-state index contributed by atoms with van der Waals surface area (Å²) in [6, 6.07) is 0.118. The molecule has 2 rings (SSSR count). The predicted octanol–water partition coefficient (Wildman–Crippen LogP) is 0.923. The second-order valence-corrected chi connectivity index (χ2v) is 3.41. The highest BCUT2D eigenvalue weighted by Gasteiger charge is 2.22. The molecule has 1 aromatic heterocycles. The smallest absolute Gasteiger partial charge is 0.217 e. The number of aromatic amines is 1. The first-order valence-corrected chi connectivity index (χ1v) is 4.56. The first kappa shape index (κ1) is 8.29. The minimum absolute atomic E-state index is 0.0147. The third-order valence-corrected chi connectivity index (χ3v) is 2.38. The van der Waals surface area contributed by atoms with Crippen LogP contribution in [0.1, 0.15) is 37.2 Å². The quantitative estimate of drug-likeness (QED) is 0.673. The van der Waals surface area contributed by atoms with Crippen molar-refractivity contribution in [2.24, 2.45) is 0 Å². The van der Waals surface area contributed by atoms with E-state index in [0.717, 1.165) is 25.0 Å². The third-order valence-electron chi connectivity index (χ3n) is 2.38. The van der Waals surface area contributed by atoms with Gasteiger partial charge in [0.25, 0.3) is 0 Å². The molecule has 1 amide bonds. The highest BCUT2D eigenvalue weighted by Crippen LogP contribution is 2.26. The molecular formula is C9H13N3O. The van der Waals surface area contributed by atoms with E-state index in [9.17, 15) is 4.79 Å². The second kappa shape index (κ2) is 3.20. The van der Waals surface area contributed by atoms with Gasteiger partial charge in [-0.05, 0) is 19.3 Å². The Morgan fingerprint density at radius 1 is 1.77 bits per heavy atom. The number of nitrogens with zero attached hydrogens (tertiary/aromatic N) is 1. The topological polar surface area (TPSA) is 57.8 Å². The number of hydrogen-bond donors (Lipinski definition) is 2. The fourth-order valence-corrected chi connectivity index (χ4v) is 1.84. The number of carbonyl (C=O) groups is 1. The van der Waals surface area contributed by atoms with E-state index in [1.807, 2.05) is 0 Å². The maximum absolute atomic E-state index is 10.9. The molecule has 13 heavy (non-hydrogen) atoms. The average molecular weight is 179 g/mol. The van der Waals surface area contributed by atoms with Crippen LogP contribution in [0.4, 0.5) is 0 Å². The Morgan fingerprint density at radius 2 is 2.62 bits per heavy atom. The van der Waals surface area contributed by atoms with E-state index in [2.05, 4.69) is 15.3 Å². The van der Waals surface area contributed by atoms with Crippen molar-refractivity contribution in [3.63, 3.8) is 0 Å². The number of aryl methyl sites for hydroxylation is 1. The SMILES string of the molecule is CC(=O)NC1CCCc2[nH]cnc21. The van der Waals surface area contributed by atoms with Gasteiger partial charge in [-0.2, -0.15) is 0 Å². The molecule has 0 radical (unpaired) electrons. The minimum atomic E-state index is 0.0147. The predicted molar refractivity (Wildman–Crippen MR) is 48.1 cm³/mol. The summed E-state index contributed by atoms with van der Waals surface area (Å²) in [7, 11) is 0. The summed E-state index contributed by atoms with van der Waals surface area (Å²) >= 11 is 0. The van der Waals surface area contributed by atoms with Gasteiger partial charge in [0.1, 0.15) is 0 Å². The molecule has 1 heterocycles. The Bertz CT molecular complexity index is 318. The fourth-order valence-electron chi connectivity index (χ4n) is 1.84. The summed E-state index contributed by atoms with van der Waals surface area (Å²) in [4.78, 5) is 18.2. The maximum Gasteiger partial charge on any atom is 0.217 e. The van der Waals surface area contributed by atoms with Crippen LogP contribution in [0.2, 0.25) is 0 Å². The van der Waals surface area contributed by atoms with Gasteiger partial charge in [-0.1, -0.05) is 0 Å². The molecule has 4 heteroatoms. The van der Waals surface area contributed by atoms with Gasteiger partial charge in [0.2, 0.25) is 5.91 Å². The molecule has 0 aromatic carbocycles. The van der Waals surface area contributed by atoms with Gasteiger partial charge in [0.05, 0.1) is 18.1 Å². The number of aromatic nitrogens is 2. The zero-order valence-corrected chi connectivity index (χ0v) is 7.63. The fraction of sp³-hybridized carbons (Fsp3) is 0.556. The average Bonchev–Trinajstić information content (AvgIpc) is 2.51. The van der Waals surface area contributed by atoms with Crippen molar-refractivity contribution in [2.75, 3.05) is 0 Å².